The molecule has 0 heterocycles. The van der Waals surface area contributed by atoms with Crippen LogP contribution in [0.15, 0.2) is 29.2 Å². The van der Waals surface area contributed by atoms with Crippen molar-refractivity contribution >= 4 is 11.8 Å². The molecule has 0 radical (unpaired) electrons. The van der Waals surface area contributed by atoms with Gasteiger partial charge in [0.1, 0.15) is 0 Å². The number of benzene rings is 1. The van der Waals surface area contributed by atoms with Crippen molar-refractivity contribution in [2.45, 2.75) is 42.4 Å². The molecule has 1 saturated carbocycles. The Morgan fingerprint density at radius 1 is 1.20 bits per heavy atom. The summed E-state index contributed by atoms with van der Waals surface area (Å²) in [5.74, 6) is 0. The summed E-state index contributed by atoms with van der Waals surface area (Å²) >= 11 is 2.04. The van der Waals surface area contributed by atoms with Gasteiger partial charge in [0.15, 0.2) is 0 Å². The van der Waals surface area contributed by atoms with Crippen LogP contribution in [-0.4, -0.2) is 18.3 Å². The highest BCUT2D eigenvalue weighted by atomic mass is 32.2. The fraction of sp³-hybridized carbons (Fsp3) is 0.538. The van der Waals surface area contributed by atoms with Gasteiger partial charge >= 0.3 is 0 Å². The molecule has 1 N–H and O–H groups in total. The van der Waals surface area contributed by atoms with Crippen molar-refractivity contribution < 1.29 is 0 Å². The van der Waals surface area contributed by atoms with E-state index in [9.17, 15) is 0 Å². The molecule has 1 aliphatic carbocycles. The smallest absolute Gasteiger partial charge is 0.0110 e. The van der Waals surface area contributed by atoms with Crippen molar-refractivity contribution in [1.82, 2.24) is 5.32 Å². The Labute approximate surface area is 96.7 Å². The van der Waals surface area contributed by atoms with E-state index < -0.39 is 0 Å². The summed E-state index contributed by atoms with van der Waals surface area (Å²) < 4.78 is 0. The van der Waals surface area contributed by atoms with Crippen LogP contribution in [0.5, 0.6) is 0 Å². The summed E-state index contributed by atoms with van der Waals surface area (Å²) in [6, 6.07) is 9.63. The molecule has 1 fully saturated rings. The Hall–Kier alpha value is -0.470. The lowest BCUT2D eigenvalue weighted by molar-refractivity contribution is 0.583. The first-order valence-corrected chi connectivity index (χ1v) is 6.56. The number of nitrogens with one attached hydrogen (secondary N) is 1. The van der Waals surface area contributed by atoms with Crippen LogP contribution in [0.1, 0.15) is 24.8 Å². The molecule has 0 aliphatic heterocycles. The van der Waals surface area contributed by atoms with Crippen molar-refractivity contribution in [1.29, 1.82) is 0 Å². The van der Waals surface area contributed by atoms with Gasteiger partial charge in [0.2, 0.25) is 0 Å². The monoisotopic (exact) mass is 221 g/mol. The molecular formula is C13H19NS. The minimum absolute atomic E-state index is 0.743. The molecule has 2 rings (SSSR count). The largest absolute Gasteiger partial charge is 0.317 e. The van der Waals surface area contributed by atoms with Crippen LogP contribution in [0, 0.1) is 6.92 Å². The van der Waals surface area contributed by atoms with Gasteiger partial charge in [0.05, 0.1) is 0 Å². The second-order valence-corrected chi connectivity index (χ2v) is 5.73. The molecule has 2 heteroatoms. The number of rotatable bonds is 3. The summed E-state index contributed by atoms with van der Waals surface area (Å²) in [6.45, 7) is 2.14. The first-order chi connectivity index (χ1) is 7.28. The fourth-order valence-electron chi connectivity index (χ4n) is 2.12. The molecule has 0 bridgehead atoms. The fourth-order valence-corrected chi connectivity index (χ4v) is 3.38. The van der Waals surface area contributed by atoms with Crippen LogP contribution in [-0.2, 0) is 0 Å². The molecule has 2 atom stereocenters. The van der Waals surface area contributed by atoms with Crippen LogP contribution in [0.25, 0.3) is 0 Å². The van der Waals surface area contributed by atoms with Crippen molar-refractivity contribution in [3.63, 3.8) is 0 Å². The van der Waals surface area contributed by atoms with Crippen LogP contribution in [0.2, 0.25) is 0 Å². The summed E-state index contributed by atoms with van der Waals surface area (Å²) in [4.78, 5) is 1.42. The van der Waals surface area contributed by atoms with Gasteiger partial charge in [-0.25, -0.2) is 0 Å². The number of thioether (sulfide) groups is 1. The highest BCUT2D eigenvalue weighted by molar-refractivity contribution is 8.00. The Kier molecular flexibility index (Phi) is 3.71. The minimum Gasteiger partial charge on any atom is -0.317 e. The van der Waals surface area contributed by atoms with Crippen molar-refractivity contribution in [2.75, 3.05) is 7.05 Å². The summed E-state index contributed by atoms with van der Waals surface area (Å²) in [5, 5.41) is 4.19. The Morgan fingerprint density at radius 2 is 1.93 bits per heavy atom. The molecule has 1 aromatic rings. The molecule has 2 unspecified atom stereocenters. The maximum atomic E-state index is 3.38. The zero-order valence-electron chi connectivity index (χ0n) is 9.49. The maximum Gasteiger partial charge on any atom is 0.0110 e. The van der Waals surface area contributed by atoms with Gasteiger partial charge in [-0.15, -0.1) is 11.8 Å². The molecular weight excluding hydrogens is 202 g/mol. The predicted molar refractivity (Wildman–Crippen MR) is 67.5 cm³/mol. The standard InChI is InChI=1S/C13H19NS/c1-10-3-6-12(7-4-10)15-13-8-5-11(9-13)14-2/h3-4,6-7,11,13-14H,5,8-9H2,1-2H3. The van der Waals surface area contributed by atoms with E-state index in [0.717, 1.165) is 11.3 Å². The van der Waals surface area contributed by atoms with Crippen molar-refractivity contribution in [2.24, 2.45) is 0 Å². The third kappa shape index (κ3) is 2.99. The number of aryl methyl sites for hydroxylation is 1. The third-order valence-corrected chi connectivity index (χ3v) is 4.42. The molecule has 15 heavy (non-hydrogen) atoms. The van der Waals surface area contributed by atoms with E-state index in [1.54, 1.807) is 0 Å². The summed E-state index contributed by atoms with van der Waals surface area (Å²) in [7, 11) is 2.07. The lowest BCUT2D eigenvalue weighted by atomic mass is 10.2. The summed E-state index contributed by atoms with van der Waals surface area (Å²) in [5.41, 5.74) is 1.35. The van der Waals surface area contributed by atoms with Crippen molar-refractivity contribution in [3.05, 3.63) is 29.8 Å². The van der Waals surface area contributed by atoms with Crippen molar-refractivity contribution in [3.8, 4) is 0 Å². The molecule has 0 amide bonds. The lowest BCUT2D eigenvalue weighted by Crippen LogP contribution is -2.21. The highest BCUT2D eigenvalue weighted by Crippen LogP contribution is 2.34. The average molecular weight is 221 g/mol. The van der Waals surface area contributed by atoms with Gasteiger partial charge in [-0.2, -0.15) is 0 Å². The van der Waals surface area contributed by atoms with Gasteiger partial charge in [0, 0.05) is 16.2 Å². The highest BCUT2D eigenvalue weighted by Gasteiger charge is 2.23. The summed E-state index contributed by atoms with van der Waals surface area (Å²) in [6.07, 6.45) is 4.00. The number of hydrogen-bond acceptors (Lipinski definition) is 2. The second-order valence-electron chi connectivity index (χ2n) is 4.35. The normalized spacial score (nSPS) is 25.7. The number of hydrogen-bond donors (Lipinski definition) is 1. The first-order valence-electron chi connectivity index (χ1n) is 5.68. The predicted octanol–water partition coefficient (Wildman–Crippen LogP) is 3.23. The van der Waals surface area contributed by atoms with Gasteiger partial charge < -0.3 is 5.32 Å². The third-order valence-electron chi connectivity index (χ3n) is 3.12. The molecule has 0 spiro atoms. The first kappa shape index (κ1) is 11.0. The van der Waals surface area contributed by atoms with E-state index in [-0.39, 0.29) is 0 Å². The van der Waals surface area contributed by atoms with Crippen LogP contribution in [0.3, 0.4) is 0 Å². The van der Waals surface area contributed by atoms with Crippen LogP contribution < -0.4 is 5.32 Å². The topological polar surface area (TPSA) is 12.0 Å². The van der Waals surface area contributed by atoms with Gasteiger partial charge in [-0.3, -0.25) is 0 Å². The Balaban J connectivity index is 1.90. The quantitative estimate of drug-likeness (QED) is 0.841. The molecule has 1 aliphatic rings. The van der Waals surface area contributed by atoms with E-state index in [1.165, 1.54) is 29.7 Å². The van der Waals surface area contributed by atoms with E-state index in [4.69, 9.17) is 0 Å². The molecule has 1 nitrogen and oxygen atoms in total. The van der Waals surface area contributed by atoms with Gasteiger partial charge in [0.25, 0.3) is 0 Å². The zero-order valence-corrected chi connectivity index (χ0v) is 10.3. The van der Waals surface area contributed by atoms with E-state index >= 15 is 0 Å². The average Bonchev–Trinajstić information content (AvgIpc) is 2.69. The van der Waals surface area contributed by atoms with E-state index in [2.05, 4.69) is 43.6 Å². The Morgan fingerprint density at radius 3 is 2.53 bits per heavy atom. The molecule has 1 aromatic carbocycles. The zero-order chi connectivity index (χ0) is 10.7. The maximum absolute atomic E-state index is 3.38. The molecule has 82 valence electrons. The SMILES string of the molecule is CNC1CCC(Sc2ccc(C)cc2)C1. The van der Waals surface area contributed by atoms with Gasteiger partial charge in [-0.05, 0) is 45.4 Å². The van der Waals surface area contributed by atoms with E-state index in [0.29, 0.717) is 0 Å². The minimum atomic E-state index is 0.743. The molecule has 0 aromatic heterocycles. The second kappa shape index (κ2) is 5.04. The van der Waals surface area contributed by atoms with E-state index in [1.807, 2.05) is 11.8 Å². The van der Waals surface area contributed by atoms with Crippen LogP contribution >= 0.6 is 11.8 Å². The van der Waals surface area contributed by atoms with Gasteiger partial charge in [-0.1, -0.05) is 17.7 Å². The molecule has 0 saturated heterocycles. The lowest BCUT2D eigenvalue weighted by Gasteiger charge is -2.10. The van der Waals surface area contributed by atoms with Crippen LogP contribution in [0.4, 0.5) is 0 Å². The Bertz CT molecular complexity index is 307.